The smallest absolute Gasteiger partial charge is 0.298 e. The second-order valence-electron chi connectivity index (χ2n) is 10.1. The number of carbonyl (C=O) groups excluding carboxylic acids is 1. The average Bonchev–Trinajstić information content (AvgIpc) is 3.25. The fraction of sp³-hybridized carbons (Fsp3) is 0.241. The minimum Gasteiger partial charge on any atom is -0.479 e. The molecule has 1 unspecified atom stereocenters. The second kappa shape index (κ2) is 9.28. The summed E-state index contributed by atoms with van der Waals surface area (Å²) in [7, 11) is -0.309. The summed E-state index contributed by atoms with van der Waals surface area (Å²) in [5.41, 5.74) is 9.00. The van der Waals surface area contributed by atoms with Crippen molar-refractivity contribution in [2.24, 2.45) is 0 Å². The first kappa shape index (κ1) is 23.8. The minimum absolute atomic E-state index is 0.0301. The second-order valence-corrected chi connectivity index (χ2v) is 14.8. The van der Waals surface area contributed by atoms with E-state index in [1.807, 2.05) is 41.3 Å². The summed E-state index contributed by atoms with van der Waals surface area (Å²) < 4.78 is 19.2. The van der Waals surface area contributed by atoms with Crippen molar-refractivity contribution in [3.8, 4) is 28.5 Å². The SMILES string of the molecule is COc1ncc(-c2ccc(C3c4[nH]c5ccccc5c4CCN3C(=O)C#C[Si](C)(C)C)cc2)cc1F. The maximum atomic E-state index is 14.2. The van der Waals surface area contributed by atoms with Gasteiger partial charge in [0, 0.05) is 34.9 Å². The first-order valence-electron chi connectivity index (χ1n) is 12.0. The van der Waals surface area contributed by atoms with E-state index in [9.17, 15) is 9.18 Å². The topological polar surface area (TPSA) is 58.2 Å². The van der Waals surface area contributed by atoms with Crippen LogP contribution in [0.25, 0.3) is 22.0 Å². The number of para-hydroxylation sites is 1. The fourth-order valence-corrected chi connectivity index (χ4v) is 5.19. The number of rotatable bonds is 3. The third-order valence-electron chi connectivity index (χ3n) is 6.40. The predicted molar refractivity (Wildman–Crippen MR) is 143 cm³/mol. The number of aromatic amines is 1. The molecule has 1 aliphatic rings. The van der Waals surface area contributed by atoms with Gasteiger partial charge in [-0.05, 0) is 41.2 Å². The van der Waals surface area contributed by atoms with Gasteiger partial charge in [0.1, 0.15) is 8.07 Å². The highest BCUT2D eigenvalue weighted by Crippen LogP contribution is 2.39. The molecule has 2 aromatic heterocycles. The van der Waals surface area contributed by atoms with E-state index in [2.05, 4.69) is 53.2 Å². The number of H-pyrrole nitrogens is 1. The van der Waals surface area contributed by atoms with Crippen LogP contribution in [0.2, 0.25) is 19.6 Å². The molecule has 0 aliphatic carbocycles. The molecule has 0 saturated heterocycles. The van der Waals surface area contributed by atoms with Crippen molar-refractivity contribution in [2.45, 2.75) is 32.1 Å². The number of methoxy groups -OCH3 is 1. The summed E-state index contributed by atoms with van der Waals surface area (Å²) in [5, 5.41) is 1.19. The molecule has 0 saturated carbocycles. The van der Waals surface area contributed by atoms with Gasteiger partial charge in [0.2, 0.25) is 5.88 Å². The van der Waals surface area contributed by atoms with Gasteiger partial charge in [-0.15, -0.1) is 5.54 Å². The van der Waals surface area contributed by atoms with Crippen LogP contribution in [0.5, 0.6) is 5.88 Å². The van der Waals surface area contributed by atoms with Crippen LogP contribution in [-0.4, -0.2) is 42.5 Å². The number of fused-ring (bicyclic) bond motifs is 3. The number of amides is 1. The molecular weight excluding hydrogens is 469 g/mol. The van der Waals surface area contributed by atoms with Crippen LogP contribution in [0.1, 0.15) is 22.9 Å². The number of halogens is 1. The standard InChI is InChI=1S/C29H28FN3O2Si/c1-35-29-24(30)17-21(18-31-29)19-9-11-20(12-10-19)28-27-23(22-7-5-6-8-25(22)32-27)13-15-33(28)26(34)14-16-36(2,3)4/h5-12,17-18,28,32H,13,15H2,1-4H3. The Morgan fingerprint density at radius 1 is 1.14 bits per heavy atom. The van der Waals surface area contributed by atoms with Gasteiger partial charge in [-0.25, -0.2) is 9.37 Å². The molecule has 36 heavy (non-hydrogen) atoms. The first-order valence-corrected chi connectivity index (χ1v) is 15.5. The average molecular weight is 498 g/mol. The zero-order chi connectivity index (χ0) is 25.4. The van der Waals surface area contributed by atoms with Gasteiger partial charge in [-0.2, -0.15) is 0 Å². The van der Waals surface area contributed by atoms with E-state index in [1.54, 1.807) is 6.20 Å². The molecule has 1 N–H and O–H groups in total. The van der Waals surface area contributed by atoms with Crippen molar-refractivity contribution < 1.29 is 13.9 Å². The lowest BCUT2D eigenvalue weighted by Gasteiger charge is -2.35. The number of hydrogen-bond donors (Lipinski definition) is 1. The number of nitrogens with one attached hydrogen (secondary N) is 1. The maximum Gasteiger partial charge on any atom is 0.298 e. The molecule has 0 fully saturated rings. The molecule has 1 amide bonds. The monoisotopic (exact) mass is 497 g/mol. The Morgan fingerprint density at radius 2 is 1.89 bits per heavy atom. The lowest BCUT2D eigenvalue weighted by molar-refractivity contribution is -0.127. The minimum atomic E-state index is -1.70. The number of benzene rings is 2. The number of ether oxygens (including phenoxy) is 1. The van der Waals surface area contributed by atoms with Gasteiger partial charge < -0.3 is 14.6 Å². The molecule has 0 bridgehead atoms. The van der Waals surface area contributed by atoms with Crippen LogP contribution < -0.4 is 4.74 Å². The normalized spacial score (nSPS) is 15.2. The maximum absolute atomic E-state index is 14.2. The summed E-state index contributed by atoms with van der Waals surface area (Å²) in [5.74, 6) is 2.24. The zero-order valence-corrected chi connectivity index (χ0v) is 21.9. The van der Waals surface area contributed by atoms with Gasteiger partial charge >= 0.3 is 0 Å². The highest BCUT2D eigenvalue weighted by Gasteiger charge is 2.34. The van der Waals surface area contributed by atoms with Crippen LogP contribution in [-0.2, 0) is 11.2 Å². The summed E-state index contributed by atoms with van der Waals surface area (Å²) >= 11 is 0. The summed E-state index contributed by atoms with van der Waals surface area (Å²) in [6.07, 6.45) is 2.36. The van der Waals surface area contributed by atoms with E-state index in [-0.39, 0.29) is 17.8 Å². The molecule has 7 heteroatoms. The highest BCUT2D eigenvalue weighted by molar-refractivity contribution is 6.84. The van der Waals surface area contributed by atoms with E-state index in [0.717, 1.165) is 28.8 Å². The summed E-state index contributed by atoms with van der Waals surface area (Å²) in [6, 6.07) is 17.2. The molecular formula is C29H28FN3O2Si. The molecule has 182 valence electrons. The zero-order valence-electron chi connectivity index (χ0n) is 20.9. The van der Waals surface area contributed by atoms with Crippen molar-refractivity contribution in [2.75, 3.05) is 13.7 Å². The number of aromatic nitrogens is 2. The summed E-state index contributed by atoms with van der Waals surface area (Å²) in [4.78, 5) is 22.8. The van der Waals surface area contributed by atoms with Crippen LogP contribution in [0, 0.1) is 17.3 Å². The van der Waals surface area contributed by atoms with Crippen molar-refractivity contribution in [1.82, 2.24) is 14.9 Å². The van der Waals surface area contributed by atoms with Crippen molar-refractivity contribution >= 4 is 24.9 Å². The molecule has 0 radical (unpaired) electrons. The molecule has 3 heterocycles. The first-order chi connectivity index (χ1) is 17.2. The lowest BCUT2D eigenvalue weighted by Crippen LogP contribution is -2.40. The van der Waals surface area contributed by atoms with Crippen molar-refractivity contribution in [3.63, 3.8) is 0 Å². The lowest BCUT2D eigenvalue weighted by atomic mass is 9.91. The molecule has 2 aromatic carbocycles. The highest BCUT2D eigenvalue weighted by atomic mass is 28.3. The Kier molecular flexibility index (Phi) is 6.15. The van der Waals surface area contributed by atoms with Gasteiger partial charge in [-0.3, -0.25) is 4.79 Å². The Hall–Kier alpha value is -3.89. The molecule has 1 atom stereocenters. The molecule has 4 aromatic rings. The van der Waals surface area contributed by atoms with Crippen LogP contribution in [0.4, 0.5) is 4.39 Å². The molecule has 1 aliphatic heterocycles. The number of hydrogen-bond acceptors (Lipinski definition) is 3. The predicted octanol–water partition coefficient (Wildman–Crippen LogP) is 5.73. The van der Waals surface area contributed by atoms with Gasteiger partial charge in [-0.1, -0.05) is 62.1 Å². The van der Waals surface area contributed by atoms with Crippen molar-refractivity contribution in [3.05, 3.63) is 83.4 Å². The Balaban J connectivity index is 1.57. The van der Waals surface area contributed by atoms with Crippen molar-refractivity contribution in [1.29, 1.82) is 0 Å². The van der Waals surface area contributed by atoms with Crippen LogP contribution in [0.15, 0.2) is 60.8 Å². The van der Waals surface area contributed by atoms with E-state index < -0.39 is 13.9 Å². The van der Waals surface area contributed by atoms with Crippen LogP contribution >= 0.6 is 0 Å². The fourth-order valence-electron chi connectivity index (χ4n) is 4.71. The van der Waals surface area contributed by atoms with E-state index in [0.29, 0.717) is 12.1 Å². The van der Waals surface area contributed by atoms with Crippen LogP contribution in [0.3, 0.4) is 0 Å². The Bertz CT molecular complexity index is 1510. The molecule has 5 nitrogen and oxygen atoms in total. The quantitative estimate of drug-likeness (QED) is 0.290. The molecule has 5 rings (SSSR count). The number of carbonyl (C=O) groups is 1. The van der Waals surface area contributed by atoms with E-state index >= 15 is 0 Å². The third kappa shape index (κ3) is 4.52. The van der Waals surface area contributed by atoms with E-state index in [1.165, 1.54) is 24.1 Å². The van der Waals surface area contributed by atoms with Gasteiger partial charge in [0.25, 0.3) is 5.91 Å². The largest absolute Gasteiger partial charge is 0.479 e. The summed E-state index contributed by atoms with van der Waals surface area (Å²) in [6.45, 7) is 6.99. The van der Waals surface area contributed by atoms with Gasteiger partial charge in [0.15, 0.2) is 5.82 Å². The number of nitrogens with zero attached hydrogens (tertiary/aromatic N) is 2. The van der Waals surface area contributed by atoms with Gasteiger partial charge in [0.05, 0.1) is 13.2 Å². The van der Waals surface area contributed by atoms with E-state index in [4.69, 9.17) is 4.74 Å². The Morgan fingerprint density at radius 3 is 2.58 bits per heavy atom. The Labute approximate surface area is 211 Å². The third-order valence-corrected chi connectivity index (χ3v) is 7.28. The molecule has 0 spiro atoms. The number of pyridine rings is 1.